The first-order chi connectivity index (χ1) is 11.5. The van der Waals surface area contributed by atoms with Crippen LogP contribution in [0, 0.1) is 6.92 Å². The monoisotopic (exact) mass is 364 g/mol. The number of thiophene rings is 1. The summed E-state index contributed by atoms with van der Waals surface area (Å²) in [4.78, 5) is 1.02. The van der Waals surface area contributed by atoms with E-state index in [0.717, 1.165) is 10.6 Å². The zero-order valence-electron chi connectivity index (χ0n) is 13.1. The fourth-order valence-electron chi connectivity index (χ4n) is 2.20. The van der Waals surface area contributed by atoms with E-state index in [4.69, 9.17) is 9.26 Å². The number of aryl methyl sites for hydroxylation is 1. The SMILES string of the molecule is COc1cc(-c2cc(C)no2)ccc1S(=O)(=O)NCc1cccs1. The highest BCUT2D eigenvalue weighted by Crippen LogP contribution is 2.30. The predicted molar refractivity (Wildman–Crippen MR) is 91.6 cm³/mol. The van der Waals surface area contributed by atoms with Gasteiger partial charge in [0, 0.05) is 23.1 Å². The summed E-state index contributed by atoms with van der Waals surface area (Å²) in [7, 11) is -2.25. The minimum Gasteiger partial charge on any atom is -0.495 e. The third-order valence-corrected chi connectivity index (χ3v) is 5.70. The van der Waals surface area contributed by atoms with Crippen molar-refractivity contribution in [1.82, 2.24) is 9.88 Å². The molecule has 6 nitrogen and oxygen atoms in total. The van der Waals surface area contributed by atoms with Crippen molar-refractivity contribution in [3.63, 3.8) is 0 Å². The highest BCUT2D eigenvalue weighted by Gasteiger charge is 2.20. The molecule has 0 amide bonds. The zero-order chi connectivity index (χ0) is 17.2. The van der Waals surface area contributed by atoms with Crippen LogP contribution in [0.25, 0.3) is 11.3 Å². The number of aromatic nitrogens is 1. The minimum absolute atomic E-state index is 0.0848. The summed E-state index contributed by atoms with van der Waals surface area (Å²) in [5.41, 5.74) is 1.45. The largest absolute Gasteiger partial charge is 0.495 e. The van der Waals surface area contributed by atoms with Gasteiger partial charge in [-0.15, -0.1) is 11.3 Å². The molecule has 0 saturated heterocycles. The average molecular weight is 364 g/mol. The van der Waals surface area contributed by atoms with Crippen LogP contribution in [0.5, 0.6) is 5.75 Å². The lowest BCUT2D eigenvalue weighted by atomic mass is 10.1. The van der Waals surface area contributed by atoms with Gasteiger partial charge >= 0.3 is 0 Å². The Hall–Kier alpha value is -2.16. The molecule has 8 heteroatoms. The molecule has 3 aromatic rings. The van der Waals surface area contributed by atoms with E-state index >= 15 is 0 Å². The molecule has 0 radical (unpaired) electrons. The van der Waals surface area contributed by atoms with E-state index in [0.29, 0.717) is 11.3 Å². The Labute approximate surface area is 144 Å². The molecule has 24 heavy (non-hydrogen) atoms. The summed E-state index contributed by atoms with van der Waals surface area (Å²) in [5.74, 6) is 0.807. The summed E-state index contributed by atoms with van der Waals surface area (Å²) in [5, 5.41) is 5.73. The quantitative estimate of drug-likeness (QED) is 0.726. The Kier molecular flexibility index (Phi) is 4.70. The molecule has 126 valence electrons. The van der Waals surface area contributed by atoms with Crippen LogP contribution in [-0.4, -0.2) is 20.7 Å². The average Bonchev–Trinajstić information content (AvgIpc) is 3.24. The standard InChI is InChI=1S/C16H16N2O4S2/c1-11-8-14(22-18-11)12-5-6-16(15(9-12)21-2)24(19,20)17-10-13-4-3-7-23-13/h3-9,17H,10H2,1-2H3. The fourth-order valence-corrected chi connectivity index (χ4v) is 4.09. The Morgan fingerprint density at radius 1 is 1.29 bits per heavy atom. The summed E-state index contributed by atoms with van der Waals surface area (Å²) >= 11 is 1.49. The molecule has 0 aliphatic carbocycles. The Balaban J connectivity index is 1.89. The number of ether oxygens (including phenoxy) is 1. The molecule has 0 atom stereocenters. The lowest BCUT2D eigenvalue weighted by Crippen LogP contribution is -2.23. The topological polar surface area (TPSA) is 81.4 Å². The Morgan fingerprint density at radius 3 is 2.75 bits per heavy atom. The maximum absolute atomic E-state index is 12.5. The third kappa shape index (κ3) is 3.50. The number of nitrogens with zero attached hydrogens (tertiary/aromatic N) is 1. The van der Waals surface area contributed by atoms with Crippen LogP contribution >= 0.6 is 11.3 Å². The minimum atomic E-state index is -3.69. The molecule has 0 saturated carbocycles. The lowest BCUT2D eigenvalue weighted by Gasteiger charge is -2.11. The van der Waals surface area contributed by atoms with Crippen molar-refractivity contribution in [2.45, 2.75) is 18.4 Å². The van der Waals surface area contributed by atoms with Gasteiger partial charge in [-0.2, -0.15) is 0 Å². The third-order valence-electron chi connectivity index (χ3n) is 3.38. The van der Waals surface area contributed by atoms with Crippen LogP contribution in [0.2, 0.25) is 0 Å². The van der Waals surface area contributed by atoms with Crippen LogP contribution in [-0.2, 0) is 16.6 Å². The molecule has 2 heterocycles. The number of nitrogens with one attached hydrogen (secondary N) is 1. The predicted octanol–water partition coefficient (Wildman–Crippen LogP) is 3.20. The molecule has 0 aliphatic rings. The maximum Gasteiger partial charge on any atom is 0.244 e. The molecular formula is C16H16N2O4S2. The molecule has 0 unspecified atom stereocenters. The molecule has 2 aromatic heterocycles. The van der Waals surface area contributed by atoms with E-state index in [1.807, 2.05) is 24.4 Å². The second-order valence-corrected chi connectivity index (χ2v) is 7.87. The Morgan fingerprint density at radius 2 is 2.12 bits per heavy atom. The van der Waals surface area contributed by atoms with Crippen molar-refractivity contribution in [1.29, 1.82) is 0 Å². The highest BCUT2D eigenvalue weighted by atomic mass is 32.2. The van der Waals surface area contributed by atoms with E-state index < -0.39 is 10.0 Å². The summed E-state index contributed by atoms with van der Waals surface area (Å²) in [6, 6.07) is 10.3. The van der Waals surface area contributed by atoms with Gasteiger partial charge in [-0.3, -0.25) is 0 Å². The first kappa shape index (κ1) is 16.7. The molecule has 0 bridgehead atoms. The summed E-state index contributed by atoms with van der Waals surface area (Å²) < 4.78 is 38.1. The smallest absolute Gasteiger partial charge is 0.244 e. The second kappa shape index (κ2) is 6.76. The van der Waals surface area contributed by atoms with Gasteiger partial charge in [0.05, 0.1) is 12.8 Å². The van der Waals surface area contributed by atoms with Crippen molar-refractivity contribution < 1.29 is 17.7 Å². The lowest BCUT2D eigenvalue weighted by molar-refractivity contribution is 0.401. The van der Waals surface area contributed by atoms with Gasteiger partial charge in [-0.1, -0.05) is 11.2 Å². The molecular weight excluding hydrogens is 348 g/mol. The number of hydrogen-bond acceptors (Lipinski definition) is 6. The first-order valence-electron chi connectivity index (χ1n) is 7.13. The van der Waals surface area contributed by atoms with Crippen molar-refractivity contribution in [2.24, 2.45) is 0 Å². The van der Waals surface area contributed by atoms with Crippen molar-refractivity contribution in [3.8, 4) is 17.1 Å². The van der Waals surface area contributed by atoms with Crippen LogP contribution in [0.3, 0.4) is 0 Å². The van der Waals surface area contributed by atoms with Crippen molar-refractivity contribution in [2.75, 3.05) is 7.11 Å². The zero-order valence-corrected chi connectivity index (χ0v) is 14.8. The van der Waals surface area contributed by atoms with Crippen LogP contribution in [0.1, 0.15) is 10.6 Å². The van der Waals surface area contributed by atoms with Gasteiger partial charge in [-0.05, 0) is 36.6 Å². The molecule has 1 aromatic carbocycles. The van der Waals surface area contributed by atoms with Crippen LogP contribution in [0.15, 0.2) is 51.2 Å². The van der Waals surface area contributed by atoms with Gasteiger partial charge in [0.25, 0.3) is 0 Å². The van der Waals surface area contributed by atoms with Gasteiger partial charge in [0.15, 0.2) is 5.76 Å². The van der Waals surface area contributed by atoms with E-state index in [2.05, 4.69) is 9.88 Å². The maximum atomic E-state index is 12.5. The fraction of sp³-hybridized carbons (Fsp3) is 0.188. The normalized spacial score (nSPS) is 11.6. The van der Waals surface area contributed by atoms with Crippen LogP contribution < -0.4 is 9.46 Å². The van der Waals surface area contributed by atoms with E-state index in [-0.39, 0.29) is 17.2 Å². The number of hydrogen-bond donors (Lipinski definition) is 1. The first-order valence-corrected chi connectivity index (χ1v) is 9.49. The number of benzene rings is 1. The van der Waals surface area contributed by atoms with E-state index in [1.54, 1.807) is 18.2 Å². The molecule has 0 spiro atoms. The van der Waals surface area contributed by atoms with Crippen molar-refractivity contribution >= 4 is 21.4 Å². The van der Waals surface area contributed by atoms with Crippen LogP contribution in [0.4, 0.5) is 0 Å². The highest BCUT2D eigenvalue weighted by molar-refractivity contribution is 7.89. The summed E-state index contributed by atoms with van der Waals surface area (Å²) in [6.45, 7) is 2.06. The molecule has 0 fully saturated rings. The van der Waals surface area contributed by atoms with Gasteiger partial charge in [0.1, 0.15) is 10.6 Å². The molecule has 3 rings (SSSR count). The molecule has 0 aliphatic heterocycles. The number of methoxy groups -OCH3 is 1. The second-order valence-electron chi connectivity index (χ2n) is 5.10. The van der Waals surface area contributed by atoms with E-state index in [1.165, 1.54) is 24.5 Å². The van der Waals surface area contributed by atoms with Gasteiger partial charge in [-0.25, -0.2) is 13.1 Å². The summed E-state index contributed by atoms with van der Waals surface area (Å²) in [6.07, 6.45) is 0. The Bertz CT molecular complexity index is 931. The van der Waals surface area contributed by atoms with Gasteiger partial charge < -0.3 is 9.26 Å². The number of rotatable bonds is 6. The van der Waals surface area contributed by atoms with Crippen molar-refractivity contribution in [3.05, 3.63) is 52.3 Å². The van der Waals surface area contributed by atoms with Gasteiger partial charge in [0.2, 0.25) is 10.0 Å². The molecule has 1 N–H and O–H groups in total. The van der Waals surface area contributed by atoms with E-state index in [9.17, 15) is 8.42 Å². The number of sulfonamides is 1.